The number of nitrogens with one attached hydrogen (secondary N) is 1. The van der Waals surface area contributed by atoms with Crippen LogP contribution in [0.15, 0.2) is 36.7 Å². The zero-order chi connectivity index (χ0) is 14.4. The van der Waals surface area contributed by atoms with Crippen molar-refractivity contribution in [2.45, 2.75) is 39.3 Å². The van der Waals surface area contributed by atoms with Crippen LogP contribution in [0.2, 0.25) is 0 Å². The molecule has 3 nitrogen and oxygen atoms in total. The van der Waals surface area contributed by atoms with Gasteiger partial charge in [0.2, 0.25) is 0 Å². The van der Waals surface area contributed by atoms with Crippen LogP contribution in [-0.4, -0.2) is 22.4 Å². The quantitative estimate of drug-likeness (QED) is 0.842. The topological polar surface area (TPSA) is 29.9 Å². The van der Waals surface area contributed by atoms with Gasteiger partial charge in [-0.1, -0.05) is 19.1 Å². The number of hydrogen-bond donors (Lipinski definition) is 1. The van der Waals surface area contributed by atoms with E-state index < -0.39 is 0 Å². The minimum absolute atomic E-state index is 0.170. The first kappa shape index (κ1) is 14.7. The highest BCUT2D eigenvalue weighted by molar-refractivity contribution is 5.18. The molecule has 1 aromatic heterocycles. The van der Waals surface area contributed by atoms with Crippen LogP contribution in [0.4, 0.5) is 4.39 Å². The molecule has 0 aliphatic carbocycles. The van der Waals surface area contributed by atoms with Crippen molar-refractivity contribution in [2.24, 2.45) is 0 Å². The van der Waals surface area contributed by atoms with Crippen molar-refractivity contribution in [3.8, 4) is 0 Å². The van der Waals surface area contributed by atoms with Gasteiger partial charge in [0.1, 0.15) is 5.82 Å². The van der Waals surface area contributed by atoms with Crippen LogP contribution in [0, 0.1) is 5.82 Å². The van der Waals surface area contributed by atoms with Gasteiger partial charge in [-0.2, -0.15) is 5.10 Å². The standard InChI is InChI=1S/C16H22FN3/c1-3-18-16(9-13-6-5-7-15(17)8-13)10-14-11-19-20(4-2)12-14/h5-8,11-12,16,18H,3-4,9-10H2,1-2H3. The Labute approximate surface area is 119 Å². The lowest BCUT2D eigenvalue weighted by atomic mass is 10.0. The molecule has 0 fully saturated rings. The molecular weight excluding hydrogens is 253 g/mol. The van der Waals surface area contributed by atoms with E-state index in [1.54, 1.807) is 12.1 Å². The highest BCUT2D eigenvalue weighted by atomic mass is 19.1. The largest absolute Gasteiger partial charge is 0.314 e. The molecule has 108 valence electrons. The summed E-state index contributed by atoms with van der Waals surface area (Å²) < 4.78 is 15.2. The van der Waals surface area contributed by atoms with Gasteiger partial charge in [0, 0.05) is 18.8 Å². The number of likely N-dealkylation sites (N-methyl/N-ethyl adjacent to an activating group) is 1. The van der Waals surface area contributed by atoms with E-state index in [9.17, 15) is 4.39 Å². The Morgan fingerprint density at radius 2 is 2.05 bits per heavy atom. The highest BCUT2D eigenvalue weighted by Gasteiger charge is 2.11. The average Bonchev–Trinajstić information content (AvgIpc) is 2.87. The molecule has 1 aromatic carbocycles. The van der Waals surface area contributed by atoms with Crippen LogP contribution in [0.25, 0.3) is 0 Å². The number of aromatic nitrogens is 2. The van der Waals surface area contributed by atoms with Gasteiger partial charge in [0.25, 0.3) is 0 Å². The number of benzene rings is 1. The number of nitrogens with zero attached hydrogens (tertiary/aromatic N) is 2. The van der Waals surface area contributed by atoms with Gasteiger partial charge >= 0.3 is 0 Å². The molecule has 1 atom stereocenters. The number of aryl methyl sites for hydroxylation is 1. The lowest BCUT2D eigenvalue weighted by Crippen LogP contribution is -2.33. The maximum atomic E-state index is 13.2. The minimum Gasteiger partial charge on any atom is -0.314 e. The van der Waals surface area contributed by atoms with Crippen LogP contribution in [0.5, 0.6) is 0 Å². The summed E-state index contributed by atoms with van der Waals surface area (Å²) in [5.74, 6) is -0.170. The Bertz CT molecular complexity index is 536. The summed E-state index contributed by atoms with van der Waals surface area (Å²) in [7, 11) is 0. The minimum atomic E-state index is -0.170. The number of rotatable bonds is 7. The van der Waals surface area contributed by atoms with Crippen molar-refractivity contribution in [1.29, 1.82) is 0 Å². The molecule has 0 radical (unpaired) electrons. The van der Waals surface area contributed by atoms with Gasteiger partial charge in [0.15, 0.2) is 0 Å². The Balaban J connectivity index is 2.02. The van der Waals surface area contributed by atoms with Crippen LogP contribution in [0.3, 0.4) is 0 Å². The zero-order valence-corrected chi connectivity index (χ0v) is 12.1. The van der Waals surface area contributed by atoms with Crippen LogP contribution < -0.4 is 5.32 Å². The molecule has 1 N–H and O–H groups in total. The first-order chi connectivity index (χ1) is 9.71. The summed E-state index contributed by atoms with van der Waals surface area (Å²) in [5.41, 5.74) is 2.24. The second-order valence-corrected chi connectivity index (χ2v) is 5.00. The summed E-state index contributed by atoms with van der Waals surface area (Å²) >= 11 is 0. The molecule has 1 unspecified atom stereocenters. The zero-order valence-electron chi connectivity index (χ0n) is 12.1. The maximum Gasteiger partial charge on any atom is 0.123 e. The summed E-state index contributed by atoms with van der Waals surface area (Å²) in [6, 6.07) is 7.14. The molecule has 4 heteroatoms. The predicted molar refractivity (Wildman–Crippen MR) is 79.2 cm³/mol. The number of halogens is 1. The molecule has 0 saturated heterocycles. The third-order valence-corrected chi connectivity index (χ3v) is 3.36. The second-order valence-electron chi connectivity index (χ2n) is 5.00. The van der Waals surface area contributed by atoms with Gasteiger partial charge in [-0.05, 0) is 49.6 Å². The Morgan fingerprint density at radius 1 is 1.25 bits per heavy atom. The molecule has 20 heavy (non-hydrogen) atoms. The fourth-order valence-corrected chi connectivity index (χ4v) is 2.42. The Kier molecular flexibility index (Phi) is 5.30. The van der Waals surface area contributed by atoms with E-state index in [0.29, 0.717) is 6.04 Å². The van der Waals surface area contributed by atoms with Crippen molar-refractivity contribution < 1.29 is 4.39 Å². The molecule has 0 spiro atoms. The molecule has 0 bridgehead atoms. The van der Waals surface area contributed by atoms with Crippen molar-refractivity contribution in [1.82, 2.24) is 15.1 Å². The van der Waals surface area contributed by atoms with E-state index in [2.05, 4.69) is 30.5 Å². The van der Waals surface area contributed by atoms with E-state index in [1.165, 1.54) is 11.6 Å². The Hall–Kier alpha value is -1.68. The summed E-state index contributed by atoms with van der Waals surface area (Å²) in [4.78, 5) is 0. The normalized spacial score (nSPS) is 12.6. The summed E-state index contributed by atoms with van der Waals surface area (Å²) in [6.07, 6.45) is 5.72. The van der Waals surface area contributed by atoms with E-state index in [1.807, 2.05) is 16.9 Å². The van der Waals surface area contributed by atoms with Gasteiger partial charge < -0.3 is 5.32 Å². The number of hydrogen-bond acceptors (Lipinski definition) is 2. The lowest BCUT2D eigenvalue weighted by molar-refractivity contribution is 0.519. The van der Waals surface area contributed by atoms with Crippen molar-refractivity contribution in [3.05, 3.63) is 53.6 Å². The predicted octanol–water partition coefficient (Wildman–Crippen LogP) is 2.81. The fraction of sp³-hybridized carbons (Fsp3) is 0.438. The van der Waals surface area contributed by atoms with E-state index >= 15 is 0 Å². The van der Waals surface area contributed by atoms with Gasteiger partial charge in [0.05, 0.1) is 6.20 Å². The monoisotopic (exact) mass is 275 g/mol. The van der Waals surface area contributed by atoms with Crippen LogP contribution in [0.1, 0.15) is 25.0 Å². The maximum absolute atomic E-state index is 13.2. The molecule has 2 rings (SSSR count). The fourth-order valence-electron chi connectivity index (χ4n) is 2.42. The molecule has 0 saturated carbocycles. The van der Waals surface area contributed by atoms with Crippen molar-refractivity contribution >= 4 is 0 Å². The first-order valence-corrected chi connectivity index (χ1v) is 7.20. The van der Waals surface area contributed by atoms with Crippen molar-refractivity contribution in [2.75, 3.05) is 6.54 Å². The van der Waals surface area contributed by atoms with Gasteiger partial charge in [-0.25, -0.2) is 4.39 Å². The van der Waals surface area contributed by atoms with Gasteiger partial charge in [-0.3, -0.25) is 4.68 Å². The highest BCUT2D eigenvalue weighted by Crippen LogP contribution is 2.10. The van der Waals surface area contributed by atoms with E-state index in [4.69, 9.17) is 0 Å². The summed E-state index contributed by atoms with van der Waals surface area (Å²) in [5, 5.41) is 7.76. The molecule has 1 heterocycles. The van der Waals surface area contributed by atoms with E-state index in [0.717, 1.165) is 31.5 Å². The van der Waals surface area contributed by atoms with Crippen molar-refractivity contribution in [3.63, 3.8) is 0 Å². The van der Waals surface area contributed by atoms with Crippen LogP contribution in [-0.2, 0) is 19.4 Å². The lowest BCUT2D eigenvalue weighted by Gasteiger charge is -2.17. The third kappa shape index (κ3) is 4.17. The molecule has 0 aliphatic rings. The molecular formula is C16H22FN3. The SMILES string of the molecule is CCNC(Cc1cccc(F)c1)Cc1cnn(CC)c1. The van der Waals surface area contributed by atoms with Gasteiger partial charge in [-0.15, -0.1) is 0 Å². The van der Waals surface area contributed by atoms with E-state index in [-0.39, 0.29) is 5.82 Å². The third-order valence-electron chi connectivity index (χ3n) is 3.36. The van der Waals surface area contributed by atoms with Crippen LogP contribution >= 0.6 is 0 Å². The molecule has 0 amide bonds. The second kappa shape index (κ2) is 7.20. The molecule has 0 aliphatic heterocycles. The first-order valence-electron chi connectivity index (χ1n) is 7.20. The average molecular weight is 275 g/mol. The summed E-state index contributed by atoms with van der Waals surface area (Å²) in [6.45, 7) is 5.96. The smallest absolute Gasteiger partial charge is 0.123 e. The molecule has 2 aromatic rings. The Morgan fingerprint density at radius 3 is 2.70 bits per heavy atom.